The maximum absolute atomic E-state index is 11.4. The van der Waals surface area contributed by atoms with Crippen LogP contribution in [0.25, 0.3) is 10.9 Å². The van der Waals surface area contributed by atoms with Crippen molar-refractivity contribution in [3.8, 4) is 0 Å². The molecule has 98 valence electrons. The number of aromatic nitrogens is 3. The standard InChI is InChI=1S/C14H9N3O2S/c18-14(19)10-7-16-11-4-2-1-3-9(11)13(10)20-12-5-6-15-8-17-12/h1-8H,(H,18,19). The first-order valence-corrected chi connectivity index (χ1v) is 6.62. The number of aromatic carboxylic acids is 1. The Morgan fingerprint density at radius 1 is 1.15 bits per heavy atom. The van der Waals surface area contributed by atoms with Crippen molar-refractivity contribution in [1.29, 1.82) is 0 Å². The van der Waals surface area contributed by atoms with Gasteiger partial charge in [-0.1, -0.05) is 30.0 Å². The van der Waals surface area contributed by atoms with Gasteiger partial charge in [-0.3, -0.25) is 4.98 Å². The molecule has 0 radical (unpaired) electrons. The van der Waals surface area contributed by atoms with Crippen LogP contribution in [0.15, 0.2) is 59.0 Å². The summed E-state index contributed by atoms with van der Waals surface area (Å²) in [5.41, 5.74) is 0.932. The average molecular weight is 283 g/mol. The molecule has 0 bridgehead atoms. The Balaban J connectivity index is 2.20. The molecule has 3 rings (SSSR count). The summed E-state index contributed by atoms with van der Waals surface area (Å²) in [5, 5.41) is 10.8. The lowest BCUT2D eigenvalue weighted by Crippen LogP contribution is -2.01. The van der Waals surface area contributed by atoms with Crippen molar-refractivity contribution in [2.45, 2.75) is 9.92 Å². The summed E-state index contributed by atoms with van der Waals surface area (Å²) in [6, 6.07) is 9.18. The Morgan fingerprint density at radius 2 is 2.00 bits per heavy atom. The topological polar surface area (TPSA) is 76.0 Å². The Morgan fingerprint density at radius 3 is 2.75 bits per heavy atom. The Kier molecular flexibility index (Phi) is 3.30. The third kappa shape index (κ3) is 2.33. The zero-order chi connectivity index (χ0) is 13.9. The first-order valence-electron chi connectivity index (χ1n) is 5.80. The molecular formula is C14H9N3O2S. The monoisotopic (exact) mass is 283 g/mol. The van der Waals surface area contributed by atoms with E-state index >= 15 is 0 Å². The Labute approximate surface area is 118 Å². The summed E-state index contributed by atoms with van der Waals surface area (Å²) in [5.74, 6) is -1.00. The van der Waals surface area contributed by atoms with Gasteiger partial charge in [-0.25, -0.2) is 14.8 Å². The molecule has 0 fully saturated rings. The van der Waals surface area contributed by atoms with E-state index in [-0.39, 0.29) is 5.56 Å². The van der Waals surface area contributed by atoms with Gasteiger partial charge in [0.15, 0.2) is 0 Å². The molecule has 0 saturated heterocycles. The van der Waals surface area contributed by atoms with Crippen molar-refractivity contribution in [2.75, 3.05) is 0 Å². The lowest BCUT2D eigenvalue weighted by Gasteiger charge is -2.08. The van der Waals surface area contributed by atoms with Crippen LogP contribution in [0, 0.1) is 0 Å². The van der Waals surface area contributed by atoms with Gasteiger partial charge in [-0.05, 0) is 12.1 Å². The summed E-state index contributed by atoms with van der Waals surface area (Å²) < 4.78 is 0. The molecule has 0 aliphatic heterocycles. The van der Waals surface area contributed by atoms with Gasteiger partial charge in [-0.2, -0.15) is 0 Å². The van der Waals surface area contributed by atoms with Crippen LogP contribution in [-0.4, -0.2) is 26.0 Å². The van der Waals surface area contributed by atoms with Gasteiger partial charge in [0.05, 0.1) is 11.1 Å². The van der Waals surface area contributed by atoms with E-state index < -0.39 is 5.97 Å². The van der Waals surface area contributed by atoms with Crippen LogP contribution >= 0.6 is 11.8 Å². The largest absolute Gasteiger partial charge is 0.478 e. The number of carbonyl (C=O) groups is 1. The second-order valence-electron chi connectivity index (χ2n) is 3.97. The number of hydrogen-bond donors (Lipinski definition) is 1. The van der Waals surface area contributed by atoms with Crippen molar-refractivity contribution in [3.05, 3.63) is 54.6 Å². The molecule has 2 aromatic heterocycles. The van der Waals surface area contributed by atoms with Gasteiger partial charge in [0.1, 0.15) is 11.4 Å². The van der Waals surface area contributed by atoms with Crippen molar-refractivity contribution in [2.24, 2.45) is 0 Å². The molecule has 0 amide bonds. The van der Waals surface area contributed by atoms with E-state index in [2.05, 4.69) is 15.0 Å². The van der Waals surface area contributed by atoms with Gasteiger partial charge < -0.3 is 5.11 Å². The molecule has 0 atom stereocenters. The minimum absolute atomic E-state index is 0.173. The fourth-order valence-electron chi connectivity index (χ4n) is 1.82. The number of pyridine rings is 1. The fraction of sp³-hybridized carbons (Fsp3) is 0. The number of nitrogens with zero attached hydrogens (tertiary/aromatic N) is 3. The van der Waals surface area contributed by atoms with Crippen molar-refractivity contribution in [3.63, 3.8) is 0 Å². The molecule has 0 spiro atoms. The van der Waals surface area contributed by atoms with E-state index in [0.717, 1.165) is 10.9 Å². The summed E-state index contributed by atoms with van der Waals surface area (Å²) in [7, 11) is 0. The average Bonchev–Trinajstić information content (AvgIpc) is 2.48. The van der Waals surface area contributed by atoms with Crippen molar-refractivity contribution < 1.29 is 9.90 Å². The quantitative estimate of drug-likeness (QED) is 0.745. The maximum Gasteiger partial charge on any atom is 0.338 e. The van der Waals surface area contributed by atoms with Crippen molar-refractivity contribution >= 4 is 28.6 Å². The molecule has 1 aromatic carbocycles. The molecule has 0 aliphatic rings. The number of rotatable bonds is 3. The molecule has 6 heteroatoms. The van der Waals surface area contributed by atoms with E-state index in [1.165, 1.54) is 24.3 Å². The Hall–Kier alpha value is -2.47. The number of fused-ring (bicyclic) bond motifs is 1. The molecular weight excluding hydrogens is 274 g/mol. The third-order valence-corrected chi connectivity index (χ3v) is 3.81. The lowest BCUT2D eigenvalue weighted by atomic mass is 10.1. The summed E-state index contributed by atoms with van der Waals surface area (Å²) in [6.45, 7) is 0. The number of hydrogen-bond acceptors (Lipinski definition) is 5. The molecule has 3 aromatic rings. The smallest absolute Gasteiger partial charge is 0.338 e. The zero-order valence-electron chi connectivity index (χ0n) is 10.2. The highest BCUT2D eigenvalue weighted by Crippen LogP contribution is 2.34. The zero-order valence-corrected chi connectivity index (χ0v) is 11.0. The van der Waals surface area contributed by atoms with Crippen LogP contribution < -0.4 is 0 Å². The Bertz CT molecular complexity index is 778. The molecule has 1 N–H and O–H groups in total. The molecule has 2 heterocycles. The number of para-hydroxylation sites is 1. The molecule has 5 nitrogen and oxygen atoms in total. The summed E-state index contributed by atoms with van der Waals surface area (Å²) in [6.07, 6.45) is 4.44. The summed E-state index contributed by atoms with van der Waals surface area (Å²) in [4.78, 5) is 24.2. The van der Waals surface area contributed by atoms with Crippen LogP contribution in [0.4, 0.5) is 0 Å². The predicted molar refractivity (Wildman–Crippen MR) is 74.9 cm³/mol. The van der Waals surface area contributed by atoms with Gasteiger partial charge in [-0.15, -0.1) is 0 Å². The minimum atomic E-state index is -1.00. The first-order chi connectivity index (χ1) is 9.75. The second-order valence-corrected chi connectivity index (χ2v) is 5.00. The normalized spacial score (nSPS) is 10.6. The van der Waals surface area contributed by atoms with E-state index in [1.54, 1.807) is 12.3 Å². The molecule has 0 saturated carbocycles. The SMILES string of the molecule is O=C(O)c1cnc2ccccc2c1Sc1ccncn1. The van der Waals surface area contributed by atoms with Gasteiger partial charge in [0.25, 0.3) is 0 Å². The second kappa shape index (κ2) is 5.26. The summed E-state index contributed by atoms with van der Waals surface area (Å²) >= 11 is 1.30. The molecule has 20 heavy (non-hydrogen) atoms. The number of benzene rings is 1. The van der Waals surface area contributed by atoms with Crippen LogP contribution in [0.5, 0.6) is 0 Å². The fourth-order valence-corrected chi connectivity index (χ4v) is 2.79. The van der Waals surface area contributed by atoms with E-state index in [1.807, 2.05) is 24.3 Å². The van der Waals surface area contributed by atoms with E-state index in [4.69, 9.17) is 0 Å². The van der Waals surface area contributed by atoms with Crippen LogP contribution in [0.3, 0.4) is 0 Å². The van der Waals surface area contributed by atoms with Crippen molar-refractivity contribution in [1.82, 2.24) is 15.0 Å². The first kappa shape index (κ1) is 12.6. The molecule has 0 unspecified atom stereocenters. The third-order valence-electron chi connectivity index (χ3n) is 2.72. The number of carboxylic acid groups (broad SMARTS) is 1. The molecule has 0 aliphatic carbocycles. The highest BCUT2D eigenvalue weighted by atomic mass is 32.2. The highest BCUT2D eigenvalue weighted by molar-refractivity contribution is 7.99. The lowest BCUT2D eigenvalue weighted by molar-refractivity contribution is 0.0693. The van der Waals surface area contributed by atoms with E-state index in [9.17, 15) is 9.90 Å². The van der Waals surface area contributed by atoms with Gasteiger partial charge in [0.2, 0.25) is 0 Å². The van der Waals surface area contributed by atoms with Crippen LogP contribution in [0.1, 0.15) is 10.4 Å². The van der Waals surface area contributed by atoms with Gasteiger partial charge >= 0.3 is 5.97 Å². The predicted octanol–water partition coefficient (Wildman–Crippen LogP) is 2.87. The van der Waals surface area contributed by atoms with Crippen LogP contribution in [0.2, 0.25) is 0 Å². The van der Waals surface area contributed by atoms with E-state index in [0.29, 0.717) is 9.92 Å². The number of carboxylic acids is 1. The van der Waals surface area contributed by atoms with Gasteiger partial charge in [0, 0.05) is 22.7 Å². The minimum Gasteiger partial charge on any atom is -0.478 e. The highest BCUT2D eigenvalue weighted by Gasteiger charge is 2.16. The van der Waals surface area contributed by atoms with Crippen LogP contribution in [-0.2, 0) is 0 Å². The maximum atomic E-state index is 11.4.